The Morgan fingerprint density at radius 1 is 0.893 bits per heavy atom. The lowest BCUT2D eigenvalue weighted by Crippen LogP contribution is -2.31. The van der Waals surface area contributed by atoms with Gasteiger partial charge in [-0.25, -0.2) is 4.98 Å². The summed E-state index contributed by atoms with van der Waals surface area (Å²) in [6.45, 7) is 7.33. The molecule has 0 N–H and O–H groups in total. The summed E-state index contributed by atoms with van der Waals surface area (Å²) in [4.78, 5) is 4.57. The highest BCUT2D eigenvalue weighted by molar-refractivity contribution is 6.37. The second-order valence-corrected chi connectivity index (χ2v) is 7.87. The van der Waals surface area contributed by atoms with Crippen molar-refractivity contribution >= 4 is 9.52 Å². The second-order valence-electron chi connectivity index (χ2n) is 6.41. The maximum atomic E-state index is 6.31. The average molecular weight is 392 g/mol. The van der Waals surface area contributed by atoms with Crippen molar-refractivity contribution in [3.63, 3.8) is 0 Å². The maximum absolute atomic E-state index is 6.31. The molecule has 1 unspecified atom stereocenters. The Bertz CT molecular complexity index is 871. The molecule has 1 heterocycles. The zero-order valence-corrected chi connectivity index (χ0v) is 17.5. The van der Waals surface area contributed by atoms with Crippen LogP contribution in [0.25, 0.3) is 0 Å². The van der Waals surface area contributed by atoms with Gasteiger partial charge in [0.2, 0.25) is 5.88 Å². The SMILES string of the molecule is CCOc1ccc(C(C)(OCc2cccc(Oc3ccccc3)n2)[Si]C)cc1. The van der Waals surface area contributed by atoms with Crippen LogP contribution in [0.2, 0.25) is 6.55 Å². The first-order valence-corrected chi connectivity index (χ1v) is 10.9. The van der Waals surface area contributed by atoms with Crippen LogP contribution in [-0.2, 0) is 16.6 Å². The summed E-state index contributed by atoms with van der Waals surface area (Å²) in [5, 5.41) is -0.372. The van der Waals surface area contributed by atoms with E-state index in [1.165, 1.54) is 0 Å². The topological polar surface area (TPSA) is 40.6 Å². The molecule has 0 saturated carbocycles. The molecule has 0 saturated heterocycles. The van der Waals surface area contributed by atoms with Gasteiger partial charge in [-0.05, 0) is 49.7 Å². The Hall–Kier alpha value is -2.63. The molecule has 4 nitrogen and oxygen atoms in total. The van der Waals surface area contributed by atoms with E-state index in [0.29, 0.717) is 28.6 Å². The predicted octanol–water partition coefficient (Wildman–Crippen LogP) is 5.41. The van der Waals surface area contributed by atoms with Crippen LogP contribution in [0, 0.1) is 0 Å². The molecule has 144 valence electrons. The zero-order valence-electron chi connectivity index (χ0n) is 16.5. The van der Waals surface area contributed by atoms with Gasteiger partial charge in [0.1, 0.15) is 11.5 Å². The molecule has 1 atom stereocenters. The Labute approximate surface area is 169 Å². The zero-order chi connectivity index (χ0) is 19.8. The molecule has 1 aromatic heterocycles. The van der Waals surface area contributed by atoms with Gasteiger partial charge in [0, 0.05) is 6.07 Å². The van der Waals surface area contributed by atoms with Crippen LogP contribution in [0.4, 0.5) is 0 Å². The number of aromatic nitrogens is 1. The molecular formula is C23H25NO3Si. The van der Waals surface area contributed by atoms with Crippen LogP contribution >= 0.6 is 0 Å². The van der Waals surface area contributed by atoms with Gasteiger partial charge in [-0.15, -0.1) is 0 Å². The number of hydrogen-bond acceptors (Lipinski definition) is 4. The third-order valence-corrected chi connectivity index (χ3v) is 5.84. The molecule has 0 bridgehead atoms. The van der Waals surface area contributed by atoms with Crippen molar-refractivity contribution in [1.29, 1.82) is 0 Å². The second kappa shape index (κ2) is 9.53. The van der Waals surface area contributed by atoms with Crippen molar-refractivity contribution < 1.29 is 14.2 Å². The minimum atomic E-state index is -0.372. The lowest BCUT2D eigenvalue weighted by molar-refractivity contribution is 0.0121. The van der Waals surface area contributed by atoms with Crippen LogP contribution in [0.3, 0.4) is 0 Å². The van der Waals surface area contributed by atoms with Crippen LogP contribution in [0.1, 0.15) is 25.1 Å². The predicted molar refractivity (Wildman–Crippen MR) is 112 cm³/mol. The molecule has 0 aliphatic rings. The highest BCUT2D eigenvalue weighted by atomic mass is 28.2. The van der Waals surface area contributed by atoms with E-state index in [0.717, 1.165) is 22.8 Å². The van der Waals surface area contributed by atoms with Crippen molar-refractivity contribution in [1.82, 2.24) is 4.98 Å². The van der Waals surface area contributed by atoms with E-state index in [1.54, 1.807) is 0 Å². The van der Waals surface area contributed by atoms with Gasteiger partial charge in [-0.3, -0.25) is 0 Å². The van der Waals surface area contributed by atoms with Crippen LogP contribution in [0.5, 0.6) is 17.4 Å². The molecule has 3 rings (SSSR count). The third-order valence-electron chi connectivity index (χ3n) is 4.45. The minimum Gasteiger partial charge on any atom is -0.494 e. The molecule has 0 aliphatic carbocycles. The molecule has 28 heavy (non-hydrogen) atoms. The summed E-state index contributed by atoms with van der Waals surface area (Å²) in [7, 11) is 0.582. The van der Waals surface area contributed by atoms with E-state index in [9.17, 15) is 0 Å². The summed E-state index contributed by atoms with van der Waals surface area (Å²) >= 11 is 0. The highest BCUT2D eigenvalue weighted by Gasteiger charge is 2.26. The lowest BCUT2D eigenvalue weighted by atomic mass is 10.1. The standard InChI is InChI=1S/C23H25NO3Si/c1-4-25-20-15-13-18(14-16-20)23(2,28-3)26-17-19-9-8-12-22(24-19)27-21-10-6-5-7-11-21/h5-16H,4,17H2,1-3H3. The number of para-hydroxylation sites is 1. The largest absolute Gasteiger partial charge is 0.494 e. The van der Waals surface area contributed by atoms with Gasteiger partial charge in [0.25, 0.3) is 0 Å². The fourth-order valence-electron chi connectivity index (χ4n) is 2.76. The van der Waals surface area contributed by atoms with Crippen molar-refractivity contribution in [2.75, 3.05) is 6.61 Å². The van der Waals surface area contributed by atoms with Crippen molar-refractivity contribution in [2.45, 2.75) is 32.2 Å². The Kier molecular flexibility index (Phi) is 6.84. The fourth-order valence-corrected chi connectivity index (χ4v) is 3.43. The molecule has 2 radical (unpaired) electrons. The average Bonchev–Trinajstić information content (AvgIpc) is 2.74. The first kappa shape index (κ1) is 20.1. The number of hydrogen-bond donors (Lipinski definition) is 0. The van der Waals surface area contributed by atoms with Gasteiger partial charge < -0.3 is 14.2 Å². The van der Waals surface area contributed by atoms with Crippen molar-refractivity contribution in [3.8, 4) is 17.4 Å². The highest BCUT2D eigenvalue weighted by Crippen LogP contribution is 2.28. The third kappa shape index (κ3) is 5.21. The van der Waals surface area contributed by atoms with Crippen molar-refractivity contribution in [2.24, 2.45) is 0 Å². The maximum Gasteiger partial charge on any atom is 0.219 e. The van der Waals surface area contributed by atoms with Crippen molar-refractivity contribution in [3.05, 3.63) is 84.1 Å². The Balaban J connectivity index is 1.68. The number of rotatable bonds is 9. The molecule has 0 amide bonds. The molecule has 2 aromatic carbocycles. The van der Waals surface area contributed by atoms with E-state index in [4.69, 9.17) is 14.2 Å². The van der Waals surface area contributed by atoms with Crippen LogP contribution < -0.4 is 9.47 Å². The van der Waals surface area contributed by atoms with Crippen LogP contribution in [0.15, 0.2) is 72.8 Å². The quantitative estimate of drug-likeness (QED) is 0.457. The number of nitrogens with zero attached hydrogens (tertiary/aromatic N) is 1. The first-order chi connectivity index (χ1) is 13.6. The molecule has 0 spiro atoms. The number of benzene rings is 2. The molecule has 3 aromatic rings. The molecule has 0 aliphatic heterocycles. The van der Waals surface area contributed by atoms with Crippen LogP contribution in [-0.4, -0.2) is 21.1 Å². The molecular weight excluding hydrogens is 366 g/mol. The summed E-state index contributed by atoms with van der Waals surface area (Å²) < 4.78 is 17.7. The smallest absolute Gasteiger partial charge is 0.219 e. The van der Waals surface area contributed by atoms with Gasteiger partial charge in [-0.1, -0.05) is 42.9 Å². The molecule has 5 heteroatoms. The molecule has 0 fully saturated rings. The van der Waals surface area contributed by atoms with Gasteiger partial charge in [0.05, 0.1) is 33.7 Å². The van der Waals surface area contributed by atoms with E-state index >= 15 is 0 Å². The minimum absolute atomic E-state index is 0.372. The normalized spacial score (nSPS) is 13.0. The van der Waals surface area contributed by atoms with Gasteiger partial charge >= 0.3 is 0 Å². The summed E-state index contributed by atoms with van der Waals surface area (Å²) in [6, 6.07) is 23.5. The Morgan fingerprint density at radius 2 is 1.64 bits per heavy atom. The first-order valence-electron chi connectivity index (χ1n) is 9.38. The Morgan fingerprint density at radius 3 is 2.32 bits per heavy atom. The van der Waals surface area contributed by atoms with Gasteiger partial charge in [0.15, 0.2) is 0 Å². The van der Waals surface area contributed by atoms with E-state index in [1.807, 2.05) is 67.6 Å². The van der Waals surface area contributed by atoms with E-state index in [2.05, 4.69) is 30.6 Å². The summed E-state index contributed by atoms with van der Waals surface area (Å²) in [5.41, 5.74) is 1.97. The number of pyridine rings is 1. The fraction of sp³-hybridized carbons (Fsp3) is 0.261. The van der Waals surface area contributed by atoms with Gasteiger partial charge in [-0.2, -0.15) is 0 Å². The number of ether oxygens (including phenoxy) is 3. The van der Waals surface area contributed by atoms with E-state index < -0.39 is 0 Å². The summed E-state index contributed by atoms with van der Waals surface area (Å²) in [6.07, 6.45) is 0. The lowest BCUT2D eigenvalue weighted by Gasteiger charge is -2.29. The van der Waals surface area contributed by atoms with E-state index in [-0.39, 0.29) is 5.22 Å². The summed E-state index contributed by atoms with van der Waals surface area (Å²) in [5.74, 6) is 2.21. The monoisotopic (exact) mass is 391 g/mol.